The SMILES string of the molecule is CC(C)[C@H](Oc1cccc2ccccc12)[C@H](C)OC(=O)[C@H](C)NC(=O)OC(C)(C)C. The first-order valence-electron chi connectivity index (χ1n) is 10.3. The van der Waals surface area contributed by atoms with E-state index in [1.54, 1.807) is 34.6 Å². The van der Waals surface area contributed by atoms with Gasteiger partial charge in [-0.2, -0.15) is 0 Å². The molecule has 0 aliphatic heterocycles. The highest BCUT2D eigenvalue weighted by atomic mass is 16.6. The van der Waals surface area contributed by atoms with Crippen LogP contribution in [0.3, 0.4) is 0 Å². The topological polar surface area (TPSA) is 73.9 Å². The Morgan fingerprint density at radius 2 is 1.57 bits per heavy atom. The highest BCUT2D eigenvalue weighted by Crippen LogP contribution is 2.28. The summed E-state index contributed by atoms with van der Waals surface area (Å²) in [5.41, 5.74) is -0.643. The van der Waals surface area contributed by atoms with Gasteiger partial charge < -0.3 is 19.5 Å². The summed E-state index contributed by atoms with van der Waals surface area (Å²) in [5, 5.41) is 4.59. The lowest BCUT2D eigenvalue weighted by Crippen LogP contribution is -2.45. The molecule has 6 heteroatoms. The van der Waals surface area contributed by atoms with Crippen LogP contribution in [0.4, 0.5) is 4.79 Å². The maximum atomic E-state index is 12.5. The van der Waals surface area contributed by atoms with Crippen molar-refractivity contribution < 1.29 is 23.8 Å². The standard InChI is InChI=1S/C24H33NO5/c1-15(2)21(29-20-14-10-12-18-11-8-9-13-19(18)20)17(4)28-22(26)16(3)25-23(27)30-24(5,6)7/h8-17,21H,1-7H3,(H,25,27)/t16-,17-,21-/m0/s1. The summed E-state index contributed by atoms with van der Waals surface area (Å²) in [5.74, 6) is 0.302. The van der Waals surface area contributed by atoms with E-state index in [2.05, 4.69) is 5.32 Å². The smallest absolute Gasteiger partial charge is 0.408 e. The second-order valence-electron chi connectivity index (χ2n) is 8.81. The summed E-state index contributed by atoms with van der Waals surface area (Å²) < 4.78 is 17.1. The van der Waals surface area contributed by atoms with Gasteiger partial charge >= 0.3 is 12.1 Å². The van der Waals surface area contributed by atoms with E-state index < -0.39 is 29.8 Å². The fourth-order valence-corrected chi connectivity index (χ4v) is 3.11. The quantitative estimate of drug-likeness (QED) is 0.638. The van der Waals surface area contributed by atoms with Crippen LogP contribution in [0.2, 0.25) is 0 Å². The van der Waals surface area contributed by atoms with Gasteiger partial charge in [0.05, 0.1) is 0 Å². The number of carbonyl (C=O) groups excluding carboxylic acids is 2. The zero-order chi connectivity index (χ0) is 22.5. The number of esters is 1. The summed E-state index contributed by atoms with van der Waals surface area (Å²) in [4.78, 5) is 24.4. The maximum absolute atomic E-state index is 12.5. The van der Waals surface area contributed by atoms with Gasteiger partial charge in [-0.1, -0.05) is 50.2 Å². The zero-order valence-electron chi connectivity index (χ0n) is 18.9. The molecule has 0 spiro atoms. The van der Waals surface area contributed by atoms with Crippen molar-refractivity contribution in [1.82, 2.24) is 5.32 Å². The Hall–Kier alpha value is -2.76. The van der Waals surface area contributed by atoms with Crippen molar-refractivity contribution in [3.63, 3.8) is 0 Å². The van der Waals surface area contributed by atoms with Gasteiger partial charge in [0, 0.05) is 5.39 Å². The molecule has 0 aromatic heterocycles. The number of hydrogen-bond acceptors (Lipinski definition) is 5. The number of rotatable bonds is 7. The average molecular weight is 416 g/mol. The molecular formula is C24H33NO5. The van der Waals surface area contributed by atoms with Crippen LogP contribution in [0.25, 0.3) is 10.8 Å². The van der Waals surface area contributed by atoms with Crippen molar-refractivity contribution in [2.24, 2.45) is 5.92 Å². The first kappa shape index (κ1) is 23.5. The summed E-state index contributed by atoms with van der Waals surface area (Å²) in [6.45, 7) is 12.7. The van der Waals surface area contributed by atoms with E-state index in [0.29, 0.717) is 0 Å². The Kier molecular flexibility index (Phi) is 7.71. The van der Waals surface area contributed by atoms with Crippen LogP contribution < -0.4 is 10.1 Å². The summed E-state index contributed by atoms with van der Waals surface area (Å²) >= 11 is 0. The van der Waals surface area contributed by atoms with Crippen molar-refractivity contribution in [3.8, 4) is 5.75 Å². The molecule has 0 aliphatic carbocycles. The molecule has 0 bridgehead atoms. The Bertz CT molecular complexity index is 866. The number of nitrogens with one attached hydrogen (secondary N) is 1. The van der Waals surface area contributed by atoms with E-state index >= 15 is 0 Å². The van der Waals surface area contributed by atoms with Gasteiger partial charge in [-0.05, 0) is 52.0 Å². The predicted octanol–water partition coefficient (Wildman–Crippen LogP) is 5.09. The molecule has 30 heavy (non-hydrogen) atoms. The normalized spacial score (nSPS) is 14.7. The summed E-state index contributed by atoms with van der Waals surface area (Å²) in [6, 6.07) is 13.0. The molecule has 1 N–H and O–H groups in total. The average Bonchev–Trinajstić information content (AvgIpc) is 2.64. The third-order valence-corrected chi connectivity index (χ3v) is 4.52. The highest BCUT2D eigenvalue weighted by Gasteiger charge is 2.29. The highest BCUT2D eigenvalue weighted by molar-refractivity contribution is 5.88. The number of benzene rings is 2. The van der Waals surface area contributed by atoms with E-state index in [1.807, 2.05) is 56.3 Å². The number of fused-ring (bicyclic) bond motifs is 1. The summed E-state index contributed by atoms with van der Waals surface area (Å²) in [6.07, 6.45) is -1.53. The number of alkyl carbamates (subject to hydrolysis) is 1. The zero-order valence-corrected chi connectivity index (χ0v) is 18.9. The van der Waals surface area contributed by atoms with Crippen molar-refractivity contribution in [2.45, 2.75) is 72.3 Å². The molecule has 0 radical (unpaired) electrons. The minimum Gasteiger partial charge on any atom is -0.486 e. The lowest BCUT2D eigenvalue weighted by atomic mass is 10.0. The molecule has 3 atom stereocenters. The third kappa shape index (κ3) is 6.65. The number of amides is 1. The van der Waals surface area contributed by atoms with E-state index in [1.165, 1.54) is 0 Å². The molecule has 0 saturated carbocycles. The largest absolute Gasteiger partial charge is 0.486 e. The van der Waals surface area contributed by atoms with Crippen molar-refractivity contribution in [2.75, 3.05) is 0 Å². The van der Waals surface area contributed by atoms with Crippen LogP contribution in [0.15, 0.2) is 42.5 Å². The van der Waals surface area contributed by atoms with E-state index in [4.69, 9.17) is 14.2 Å². The van der Waals surface area contributed by atoms with Crippen molar-refractivity contribution in [3.05, 3.63) is 42.5 Å². The van der Waals surface area contributed by atoms with E-state index in [-0.39, 0.29) is 12.0 Å². The Labute approximate surface area is 178 Å². The molecule has 2 aromatic carbocycles. The van der Waals surface area contributed by atoms with Gasteiger partial charge in [-0.25, -0.2) is 9.59 Å². The van der Waals surface area contributed by atoms with Gasteiger partial charge in [0.15, 0.2) is 0 Å². The molecule has 2 rings (SSSR count). The second kappa shape index (κ2) is 9.83. The third-order valence-electron chi connectivity index (χ3n) is 4.52. The second-order valence-corrected chi connectivity index (χ2v) is 8.81. The Morgan fingerprint density at radius 1 is 0.933 bits per heavy atom. The molecule has 164 valence electrons. The van der Waals surface area contributed by atoms with Gasteiger partial charge in [0.2, 0.25) is 0 Å². The number of carbonyl (C=O) groups is 2. The number of hydrogen-bond donors (Lipinski definition) is 1. The van der Waals surface area contributed by atoms with Gasteiger partial charge in [-0.15, -0.1) is 0 Å². The molecule has 0 unspecified atom stereocenters. The fraction of sp³-hybridized carbons (Fsp3) is 0.500. The first-order chi connectivity index (χ1) is 14.0. The minimum absolute atomic E-state index is 0.0980. The minimum atomic E-state index is -0.840. The fourth-order valence-electron chi connectivity index (χ4n) is 3.11. The van der Waals surface area contributed by atoms with Gasteiger partial charge in [0.25, 0.3) is 0 Å². The molecular weight excluding hydrogens is 382 g/mol. The lowest BCUT2D eigenvalue weighted by Gasteiger charge is -2.29. The predicted molar refractivity (Wildman–Crippen MR) is 118 cm³/mol. The van der Waals surface area contributed by atoms with E-state index in [9.17, 15) is 9.59 Å². The lowest BCUT2D eigenvalue weighted by molar-refractivity contribution is -0.156. The Morgan fingerprint density at radius 3 is 2.20 bits per heavy atom. The first-order valence-corrected chi connectivity index (χ1v) is 10.3. The van der Waals surface area contributed by atoms with Crippen LogP contribution in [-0.2, 0) is 14.3 Å². The van der Waals surface area contributed by atoms with Crippen LogP contribution in [-0.4, -0.2) is 35.9 Å². The molecule has 2 aromatic rings. The maximum Gasteiger partial charge on any atom is 0.408 e. The van der Waals surface area contributed by atoms with Crippen LogP contribution >= 0.6 is 0 Å². The molecule has 0 fully saturated rings. The molecule has 0 heterocycles. The van der Waals surface area contributed by atoms with Crippen LogP contribution in [0, 0.1) is 5.92 Å². The van der Waals surface area contributed by atoms with Crippen LogP contribution in [0.5, 0.6) is 5.75 Å². The van der Waals surface area contributed by atoms with E-state index in [0.717, 1.165) is 16.5 Å². The molecule has 0 aliphatic rings. The molecule has 6 nitrogen and oxygen atoms in total. The van der Waals surface area contributed by atoms with Crippen molar-refractivity contribution >= 4 is 22.8 Å². The molecule has 1 amide bonds. The van der Waals surface area contributed by atoms with Crippen molar-refractivity contribution in [1.29, 1.82) is 0 Å². The van der Waals surface area contributed by atoms with Gasteiger partial charge in [0.1, 0.15) is 29.6 Å². The Balaban J connectivity index is 2.05. The van der Waals surface area contributed by atoms with Crippen LogP contribution in [0.1, 0.15) is 48.5 Å². The monoisotopic (exact) mass is 415 g/mol. The summed E-state index contributed by atoms with van der Waals surface area (Å²) in [7, 11) is 0. The number of ether oxygens (including phenoxy) is 3. The van der Waals surface area contributed by atoms with Gasteiger partial charge in [-0.3, -0.25) is 0 Å². The molecule has 0 saturated heterocycles.